The van der Waals surface area contributed by atoms with Gasteiger partial charge in [0.1, 0.15) is 27.2 Å². The van der Waals surface area contributed by atoms with Crippen LogP contribution in [0.1, 0.15) is 10.4 Å². The number of aryl methyl sites for hydroxylation is 2. The number of rotatable bonds is 4. The molecule has 0 saturated heterocycles. The number of nitrogens with one attached hydrogen (secondary N) is 1. The van der Waals surface area contributed by atoms with Gasteiger partial charge in [0.25, 0.3) is 0 Å². The summed E-state index contributed by atoms with van der Waals surface area (Å²) < 4.78 is 8.42. The molecule has 3 aromatic heterocycles. The molecular formula is C16H13N5OS3. The summed E-state index contributed by atoms with van der Waals surface area (Å²) >= 11 is 4.21. The minimum Gasteiger partial charge on any atom is -0.323 e. The van der Waals surface area contributed by atoms with Crippen molar-refractivity contribution >= 4 is 67.7 Å². The van der Waals surface area contributed by atoms with Gasteiger partial charge >= 0.3 is 0 Å². The highest BCUT2D eigenvalue weighted by atomic mass is 32.2. The number of amides is 1. The number of carbonyl (C=O) groups excluding carboxylic acids is 1. The molecule has 3 heterocycles. The van der Waals surface area contributed by atoms with Gasteiger partial charge in [0.15, 0.2) is 0 Å². The van der Waals surface area contributed by atoms with Crippen molar-refractivity contribution in [3.63, 3.8) is 0 Å². The van der Waals surface area contributed by atoms with E-state index in [1.54, 1.807) is 17.7 Å². The number of anilines is 1. The van der Waals surface area contributed by atoms with Crippen molar-refractivity contribution in [2.75, 3.05) is 11.1 Å². The zero-order chi connectivity index (χ0) is 17.4. The number of thiophene rings is 1. The maximum Gasteiger partial charge on any atom is 0.234 e. The van der Waals surface area contributed by atoms with Crippen LogP contribution in [0.15, 0.2) is 29.6 Å². The van der Waals surface area contributed by atoms with Crippen molar-refractivity contribution in [1.29, 1.82) is 0 Å². The Morgan fingerprint density at radius 2 is 2.12 bits per heavy atom. The topological polar surface area (TPSA) is 80.7 Å². The Morgan fingerprint density at radius 1 is 1.24 bits per heavy atom. The Kier molecular flexibility index (Phi) is 4.36. The summed E-state index contributed by atoms with van der Waals surface area (Å²) in [6.45, 7) is 4.14. The minimum absolute atomic E-state index is 0.0955. The molecule has 1 aromatic carbocycles. The summed E-state index contributed by atoms with van der Waals surface area (Å²) in [5, 5.41) is 4.81. The smallest absolute Gasteiger partial charge is 0.234 e. The van der Waals surface area contributed by atoms with Gasteiger partial charge in [-0.15, -0.1) is 11.3 Å². The Balaban J connectivity index is 1.52. The van der Waals surface area contributed by atoms with Crippen LogP contribution in [-0.4, -0.2) is 30.4 Å². The van der Waals surface area contributed by atoms with Gasteiger partial charge in [0.2, 0.25) is 5.91 Å². The first-order valence-corrected chi connectivity index (χ1v) is 10.0. The first-order valence-electron chi connectivity index (χ1n) is 7.48. The van der Waals surface area contributed by atoms with E-state index in [9.17, 15) is 4.79 Å². The molecule has 0 saturated carbocycles. The predicted molar refractivity (Wildman–Crippen MR) is 104 cm³/mol. The molecule has 0 bridgehead atoms. The zero-order valence-corrected chi connectivity index (χ0v) is 15.9. The van der Waals surface area contributed by atoms with Gasteiger partial charge in [0.05, 0.1) is 23.2 Å². The van der Waals surface area contributed by atoms with Gasteiger partial charge in [-0.25, -0.2) is 9.97 Å². The molecule has 6 nitrogen and oxygen atoms in total. The molecule has 25 heavy (non-hydrogen) atoms. The van der Waals surface area contributed by atoms with E-state index in [0.717, 1.165) is 38.0 Å². The van der Waals surface area contributed by atoms with E-state index in [-0.39, 0.29) is 11.7 Å². The molecular weight excluding hydrogens is 374 g/mol. The number of hydrogen-bond acceptors (Lipinski definition) is 8. The Morgan fingerprint density at radius 3 is 3.00 bits per heavy atom. The summed E-state index contributed by atoms with van der Waals surface area (Å²) in [7, 11) is 0. The van der Waals surface area contributed by atoms with E-state index in [2.05, 4.69) is 37.9 Å². The summed E-state index contributed by atoms with van der Waals surface area (Å²) in [4.78, 5) is 23.2. The zero-order valence-electron chi connectivity index (χ0n) is 13.4. The van der Waals surface area contributed by atoms with E-state index < -0.39 is 0 Å². The van der Waals surface area contributed by atoms with Crippen molar-refractivity contribution in [3.05, 3.63) is 35.0 Å². The average Bonchev–Trinajstić information content (AvgIpc) is 3.19. The second-order valence-electron chi connectivity index (χ2n) is 5.42. The first-order chi connectivity index (χ1) is 12.1. The normalized spacial score (nSPS) is 11.3. The molecule has 0 unspecified atom stereocenters. The molecule has 4 rings (SSSR count). The van der Waals surface area contributed by atoms with Gasteiger partial charge in [-0.2, -0.15) is 8.75 Å². The van der Waals surface area contributed by atoms with Crippen molar-refractivity contribution in [3.8, 4) is 0 Å². The van der Waals surface area contributed by atoms with Gasteiger partial charge < -0.3 is 5.32 Å². The number of aromatic nitrogens is 4. The molecule has 126 valence electrons. The second-order valence-corrected chi connectivity index (χ2v) is 8.11. The van der Waals surface area contributed by atoms with Crippen LogP contribution in [0.4, 0.5) is 5.69 Å². The fourth-order valence-electron chi connectivity index (χ4n) is 2.49. The monoisotopic (exact) mass is 387 g/mol. The lowest BCUT2D eigenvalue weighted by molar-refractivity contribution is -0.113. The van der Waals surface area contributed by atoms with E-state index in [1.165, 1.54) is 22.2 Å². The number of hydrogen-bond donors (Lipinski definition) is 1. The third kappa shape index (κ3) is 3.10. The van der Waals surface area contributed by atoms with Crippen molar-refractivity contribution in [1.82, 2.24) is 18.7 Å². The van der Waals surface area contributed by atoms with Crippen LogP contribution in [-0.2, 0) is 4.79 Å². The SMILES string of the molecule is Cc1sc2ncnc(SCC(=O)Nc3cccc4nsnc34)c2c1C. The van der Waals surface area contributed by atoms with Crippen LogP contribution >= 0.6 is 34.8 Å². The lowest BCUT2D eigenvalue weighted by Gasteiger charge is -2.06. The third-order valence-corrected chi connectivity index (χ3v) is 6.48. The fourth-order valence-corrected chi connectivity index (χ4v) is 4.95. The molecule has 0 aliphatic heterocycles. The highest BCUT2D eigenvalue weighted by Gasteiger charge is 2.14. The molecule has 1 amide bonds. The van der Waals surface area contributed by atoms with E-state index in [1.807, 2.05) is 18.2 Å². The van der Waals surface area contributed by atoms with Gasteiger partial charge in [-0.05, 0) is 31.5 Å². The summed E-state index contributed by atoms with van der Waals surface area (Å²) in [5.74, 6) is 0.177. The van der Waals surface area contributed by atoms with Crippen LogP contribution < -0.4 is 5.32 Å². The van der Waals surface area contributed by atoms with Crippen LogP contribution in [0, 0.1) is 13.8 Å². The first kappa shape index (κ1) is 16.4. The van der Waals surface area contributed by atoms with E-state index in [0.29, 0.717) is 5.69 Å². The highest BCUT2D eigenvalue weighted by molar-refractivity contribution is 8.00. The van der Waals surface area contributed by atoms with Crippen LogP contribution in [0.5, 0.6) is 0 Å². The maximum absolute atomic E-state index is 12.4. The van der Waals surface area contributed by atoms with Crippen molar-refractivity contribution in [2.45, 2.75) is 18.9 Å². The van der Waals surface area contributed by atoms with Crippen molar-refractivity contribution in [2.24, 2.45) is 0 Å². The largest absolute Gasteiger partial charge is 0.323 e. The van der Waals surface area contributed by atoms with Crippen LogP contribution in [0.25, 0.3) is 21.3 Å². The summed E-state index contributed by atoms with van der Waals surface area (Å²) in [6.07, 6.45) is 1.56. The Hall–Kier alpha value is -2.10. The summed E-state index contributed by atoms with van der Waals surface area (Å²) in [6, 6.07) is 5.57. The molecule has 0 aliphatic carbocycles. The lowest BCUT2D eigenvalue weighted by atomic mass is 10.2. The molecule has 0 radical (unpaired) electrons. The molecule has 0 spiro atoms. The summed E-state index contributed by atoms with van der Waals surface area (Å²) in [5.41, 5.74) is 3.38. The number of nitrogens with zero attached hydrogens (tertiary/aromatic N) is 4. The van der Waals surface area contributed by atoms with Crippen LogP contribution in [0.2, 0.25) is 0 Å². The molecule has 9 heteroatoms. The van der Waals surface area contributed by atoms with E-state index >= 15 is 0 Å². The fraction of sp³-hybridized carbons (Fsp3) is 0.188. The van der Waals surface area contributed by atoms with Crippen molar-refractivity contribution < 1.29 is 4.79 Å². The number of benzene rings is 1. The second kappa shape index (κ2) is 6.66. The van der Waals surface area contributed by atoms with Gasteiger partial charge in [0, 0.05) is 10.3 Å². The molecule has 0 aliphatic rings. The number of carbonyl (C=O) groups is 1. The number of fused-ring (bicyclic) bond motifs is 2. The highest BCUT2D eigenvalue weighted by Crippen LogP contribution is 2.34. The average molecular weight is 388 g/mol. The molecule has 0 atom stereocenters. The Bertz CT molecular complexity index is 1090. The Labute approximate surface area is 156 Å². The number of thioether (sulfide) groups is 1. The van der Waals surface area contributed by atoms with Gasteiger partial charge in [-0.1, -0.05) is 17.8 Å². The lowest BCUT2D eigenvalue weighted by Crippen LogP contribution is -2.14. The van der Waals surface area contributed by atoms with E-state index in [4.69, 9.17) is 0 Å². The predicted octanol–water partition coefficient (Wildman–Crippen LogP) is 4.04. The standard InChI is InChI=1S/C16H13N5OS3/c1-8-9(2)24-16-13(8)15(17-7-18-16)23-6-12(22)19-10-4-3-5-11-14(10)21-25-20-11/h3-5,7H,6H2,1-2H3,(H,19,22). The quantitative estimate of drug-likeness (QED) is 0.420. The van der Waals surface area contributed by atoms with Gasteiger partial charge in [-0.3, -0.25) is 4.79 Å². The molecule has 4 aromatic rings. The molecule has 1 N–H and O–H groups in total. The van der Waals surface area contributed by atoms with Crippen LogP contribution in [0.3, 0.4) is 0 Å². The third-order valence-electron chi connectivity index (χ3n) is 3.83. The maximum atomic E-state index is 12.4. The minimum atomic E-state index is -0.0955. The molecule has 0 fully saturated rings.